The lowest BCUT2D eigenvalue weighted by Gasteiger charge is -2.05. The number of hydrogen-bond acceptors (Lipinski definition) is 3. The van der Waals surface area contributed by atoms with Crippen molar-refractivity contribution in [2.75, 3.05) is 7.11 Å². The van der Waals surface area contributed by atoms with Crippen LogP contribution in [0.15, 0.2) is 18.2 Å². The Bertz CT molecular complexity index is 426. The Kier molecular flexibility index (Phi) is 3.10. The van der Waals surface area contributed by atoms with Crippen LogP contribution in [0.25, 0.3) is 0 Å². The first-order valence-corrected chi connectivity index (χ1v) is 5.53. The van der Waals surface area contributed by atoms with Gasteiger partial charge in [0, 0.05) is 0 Å². The van der Waals surface area contributed by atoms with Gasteiger partial charge < -0.3 is 4.74 Å². The van der Waals surface area contributed by atoms with Gasteiger partial charge in [0.2, 0.25) is 0 Å². The molecule has 14 heavy (non-hydrogen) atoms. The van der Waals surface area contributed by atoms with E-state index in [9.17, 15) is 12.3 Å². The van der Waals surface area contributed by atoms with Gasteiger partial charge in [0.25, 0.3) is 0 Å². The first-order valence-electron chi connectivity index (χ1n) is 3.98. The zero-order valence-corrected chi connectivity index (χ0v) is 8.77. The summed E-state index contributed by atoms with van der Waals surface area (Å²) in [6.07, 6.45) is 0. The van der Waals surface area contributed by atoms with Gasteiger partial charge in [-0.25, -0.2) is 0 Å². The van der Waals surface area contributed by atoms with E-state index in [-0.39, 0.29) is 0 Å². The Hall–Kier alpha value is -1.10. The first kappa shape index (κ1) is 11.0. The summed E-state index contributed by atoms with van der Waals surface area (Å²) in [5, 5.41) is 0. The zero-order chi connectivity index (χ0) is 10.8. The number of halogens is 1. The molecule has 0 fully saturated rings. The summed E-state index contributed by atoms with van der Waals surface area (Å²) in [5.41, 5.74) is 1.27. The van der Waals surface area contributed by atoms with Crippen LogP contribution in [0.2, 0.25) is 0 Å². The van der Waals surface area contributed by atoms with Gasteiger partial charge in [-0.15, -0.1) is 3.89 Å². The molecule has 0 saturated heterocycles. The van der Waals surface area contributed by atoms with Crippen LogP contribution in [-0.4, -0.2) is 15.5 Å². The number of benzene rings is 1. The molecular weight excluding hydrogens is 207 g/mol. The van der Waals surface area contributed by atoms with E-state index in [1.165, 1.54) is 13.2 Å². The monoisotopic (exact) mass is 218 g/mol. The van der Waals surface area contributed by atoms with E-state index >= 15 is 0 Å². The van der Waals surface area contributed by atoms with E-state index in [2.05, 4.69) is 0 Å². The van der Waals surface area contributed by atoms with Crippen LogP contribution in [-0.2, 0) is 16.0 Å². The molecule has 0 aromatic heterocycles. The van der Waals surface area contributed by atoms with Crippen molar-refractivity contribution in [2.45, 2.75) is 12.7 Å². The number of hydrogen-bond donors (Lipinski definition) is 0. The van der Waals surface area contributed by atoms with Crippen molar-refractivity contribution in [1.29, 1.82) is 0 Å². The van der Waals surface area contributed by atoms with Gasteiger partial charge in [-0.3, -0.25) is 0 Å². The smallest absolute Gasteiger partial charge is 0.306 e. The van der Waals surface area contributed by atoms with Crippen molar-refractivity contribution in [3.05, 3.63) is 29.3 Å². The molecular formula is C9H11FO3S. The second kappa shape index (κ2) is 3.96. The number of ether oxygens (including phenoxy) is 1. The minimum absolute atomic E-state index is 0.384. The van der Waals surface area contributed by atoms with Crippen molar-refractivity contribution in [1.82, 2.24) is 0 Å². The number of aryl methyl sites for hydroxylation is 1. The molecule has 1 aromatic rings. The standard InChI is InChI=1S/C9H11FO3S/c1-7-3-4-8(5-9(7)13-2)6-14(10,11)12/h3-5H,6H2,1-2H3. The Labute approximate surface area is 82.7 Å². The second-order valence-corrected chi connectivity index (χ2v) is 4.35. The third-order valence-corrected chi connectivity index (χ3v) is 2.49. The van der Waals surface area contributed by atoms with Gasteiger partial charge in [0.1, 0.15) is 11.5 Å². The van der Waals surface area contributed by atoms with Crippen molar-refractivity contribution in [3.8, 4) is 5.75 Å². The van der Waals surface area contributed by atoms with Gasteiger partial charge in [-0.05, 0) is 24.1 Å². The van der Waals surface area contributed by atoms with Crippen LogP contribution in [0.3, 0.4) is 0 Å². The van der Waals surface area contributed by atoms with E-state index in [0.29, 0.717) is 11.3 Å². The Morgan fingerprint density at radius 1 is 1.43 bits per heavy atom. The quantitative estimate of drug-likeness (QED) is 0.726. The molecule has 0 spiro atoms. The molecule has 78 valence electrons. The molecule has 5 heteroatoms. The highest BCUT2D eigenvalue weighted by Gasteiger charge is 2.10. The minimum Gasteiger partial charge on any atom is -0.496 e. The maximum atomic E-state index is 12.3. The Morgan fingerprint density at radius 3 is 2.57 bits per heavy atom. The molecule has 3 nitrogen and oxygen atoms in total. The summed E-state index contributed by atoms with van der Waals surface area (Å²) in [6, 6.07) is 4.78. The predicted octanol–water partition coefficient (Wildman–Crippen LogP) is 1.80. The van der Waals surface area contributed by atoms with Crippen molar-refractivity contribution in [2.24, 2.45) is 0 Å². The Balaban J connectivity index is 3.01. The second-order valence-electron chi connectivity index (χ2n) is 2.99. The van der Waals surface area contributed by atoms with E-state index in [1.54, 1.807) is 12.1 Å². The molecule has 1 aromatic carbocycles. The summed E-state index contributed by atoms with van der Waals surface area (Å²) >= 11 is 0. The normalized spacial score (nSPS) is 11.4. The predicted molar refractivity (Wildman–Crippen MR) is 51.5 cm³/mol. The third kappa shape index (κ3) is 2.99. The van der Waals surface area contributed by atoms with Crippen molar-refractivity contribution in [3.63, 3.8) is 0 Å². The van der Waals surface area contributed by atoms with E-state index in [4.69, 9.17) is 4.74 Å². The molecule has 0 amide bonds. The highest BCUT2D eigenvalue weighted by Crippen LogP contribution is 2.20. The lowest BCUT2D eigenvalue weighted by molar-refractivity contribution is 0.411. The summed E-state index contributed by atoms with van der Waals surface area (Å²) in [7, 11) is -2.99. The van der Waals surface area contributed by atoms with Crippen LogP contribution in [0.1, 0.15) is 11.1 Å². The minimum atomic E-state index is -4.47. The summed E-state index contributed by atoms with van der Waals surface area (Å²) in [6.45, 7) is 1.83. The fraction of sp³-hybridized carbons (Fsp3) is 0.333. The van der Waals surface area contributed by atoms with Crippen LogP contribution < -0.4 is 4.74 Å². The fourth-order valence-corrected chi connectivity index (χ4v) is 1.73. The van der Waals surface area contributed by atoms with Crippen LogP contribution in [0.4, 0.5) is 3.89 Å². The van der Waals surface area contributed by atoms with Gasteiger partial charge >= 0.3 is 10.2 Å². The zero-order valence-electron chi connectivity index (χ0n) is 7.95. The average molecular weight is 218 g/mol. The van der Waals surface area contributed by atoms with E-state index in [1.807, 2.05) is 6.92 Å². The third-order valence-electron chi connectivity index (χ3n) is 1.81. The van der Waals surface area contributed by atoms with Gasteiger partial charge in [-0.1, -0.05) is 12.1 Å². The number of rotatable bonds is 3. The van der Waals surface area contributed by atoms with E-state index in [0.717, 1.165) is 5.56 Å². The summed E-state index contributed by atoms with van der Waals surface area (Å²) in [5.74, 6) is -0.0462. The highest BCUT2D eigenvalue weighted by atomic mass is 32.3. The number of methoxy groups -OCH3 is 1. The molecule has 0 radical (unpaired) electrons. The largest absolute Gasteiger partial charge is 0.496 e. The molecule has 0 aliphatic heterocycles. The van der Waals surface area contributed by atoms with Gasteiger partial charge in [0.15, 0.2) is 0 Å². The topological polar surface area (TPSA) is 43.4 Å². The molecule has 1 rings (SSSR count). The summed E-state index contributed by atoms with van der Waals surface area (Å²) in [4.78, 5) is 0. The van der Waals surface area contributed by atoms with Gasteiger partial charge in [0.05, 0.1) is 7.11 Å². The summed E-state index contributed by atoms with van der Waals surface area (Å²) < 4.78 is 38.1. The molecule has 0 unspecified atom stereocenters. The maximum absolute atomic E-state index is 12.3. The lowest BCUT2D eigenvalue weighted by atomic mass is 10.1. The average Bonchev–Trinajstić information content (AvgIpc) is 2.06. The van der Waals surface area contributed by atoms with Crippen molar-refractivity contribution >= 4 is 10.2 Å². The molecule has 0 aliphatic rings. The van der Waals surface area contributed by atoms with Crippen LogP contribution in [0, 0.1) is 6.92 Å². The molecule has 0 heterocycles. The molecule has 0 atom stereocenters. The maximum Gasteiger partial charge on any atom is 0.306 e. The molecule has 0 saturated carbocycles. The molecule has 0 N–H and O–H groups in total. The van der Waals surface area contributed by atoms with Crippen molar-refractivity contribution < 1.29 is 17.0 Å². The lowest BCUT2D eigenvalue weighted by Crippen LogP contribution is -1.97. The highest BCUT2D eigenvalue weighted by molar-refractivity contribution is 7.85. The fourth-order valence-electron chi connectivity index (χ4n) is 1.15. The Morgan fingerprint density at radius 2 is 2.07 bits per heavy atom. The first-order chi connectivity index (χ1) is 6.42. The van der Waals surface area contributed by atoms with Crippen LogP contribution in [0.5, 0.6) is 5.75 Å². The molecule has 0 aliphatic carbocycles. The SMILES string of the molecule is COc1cc(CS(=O)(=O)F)ccc1C. The van der Waals surface area contributed by atoms with Crippen LogP contribution >= 0.6 is 0 Å². The molecule has 0 bridgehead atoms. The van der Waals surface area contributed by atoms with Gasteiger partial charge in [-0.2, -0.15) is 8.42 Å². The van der Waals surface area contributed by atoms with E-state index < -0.39 is 16.0 Å².